The first kappa shape index (κ1) is 18.8. The molecule has 2 heterocycles. The Morgan fingerprint density at radius 1 is 1.32 bits per heavy atom. The molecule has 7 heteroatoms. The molecule has 0 fully saturated rings. The molecule has 2 aromatic heterocycles. The number of fused-ring (bicyclic) bond motifs is 1. The minimum absolute atomic E-state index is 0.0238. The largest absolute Gasteiger partial charge is 0.469 e. The lowest BCUT2D eigenvalue weighted by molar-refractivity contribution is -0.121. The molecule has 0 spiro atoms. The Labute approximate surface area is 168 Å². The van der Waals surface area contributed by atoms with Gasteiger partial charge in [-0.2, -0.15) is 0 Å². The third-order valence-corrected chi connectivity index (χ3v) is 6.41. The van der Waals surface area contributed by atoms with Crippen LogP contribution in [0, 0.1) is 6.92 Å². The maximum atomic E-state index is 12.8. The molecule has 0 unspecified atom stereocenters. The number of thioether (sulfide) groups is 1. The van der Waals surface area contributed by atoms with Crippen LogP contribution in [0.2, 0.25) is 0 Å². The Hall–Kier alpha value is -2.54. The number of carbonyl (C=O) groups excluding carboxylic acids is 1. The van der Waals surface area contributed by atoms with E-state index in [1.54, 1.807) is 6.26 Å². The van der Waals surface area contributed by atoms with Crippen molar-refractivity contribution in [1.82, 2.24) is 20.1 Å². The quantitative estimate of drug-likeness (QED) is 0.659. The van der Waals surface area contributed by atoms with Gasteiger partial charge in [-0.1, -0.05) is 36.0 Å². The third kappa shape index (κ3) is 3.58. The third-order valence-electron chi connectivity index (χ3n) is 5.27. The Morgan fingerprint density at radius 2 is 2.14 bits per heavy atom. The van der Waals surface area contributed by atoms with Gasteiger partial charge in [0.15, 0.2) is 11.0 Å². The minimum atomic E-state index is -0.268. The van der Waals surface area contributed by atoms with Gasteiger partial charge in [-0.3, -0.25) is 4.79 Å². The molecule has 2 atom stereocenters. The SMILES string of the molecule is Cc1occc1-c1nnc(S[C@@H](C)C(=O)N[C@@H]2CCCc3ccccc32)n1C. The van der Waals surface area contributed by atoms with Crippen LogP contribution in [0.3, 0.4) is 0 Å². The van der Waals surface area contributed by atoms with Crippen molar-refractivity contribution in [3.8, 4) is 11.4 Å². The summed E-state index contributed by atoms with van der Waals surface area (Å²) in [5.41, 5.74) is 3.50. The highest BCUT2D eigenvalue weighted by atomic mass is 32.2. The standard InChI is InChI=1S/C21H24N4O2S/c1-13-16(11-12-27-13)19-23-24-21(25(19)3)28-14(2)20(26)22-18-10-6-8-15-7-4-5-9-17(15)18/h4-5,7,9,11-12,14,18H,6,8,10H2,1-3H3,(H,22,26)/t14-,18+/m0/s1. The summed E-state index contributed by atoms with van der Waals surface area (Å²) >= 11 is 1.42. The molecule has 0 bridgehead atoms. The highest BCUT2D eigenvalue weighted by molar-refractivity contribution is 8.00. The summed E-state index contributed by atoms with van der Waals surface area (Å²) in [5.74, 6) is 1.56. The van der Waals surface area contributed by atoms with Crippen molar-refractivity contribution >= 4 is 17.7 Å². The van der Waals surface area contributed by atoms with Gasteiger partial charge in [0, 0.05) is 7.05 Å². The van der Waals surface area contributed by atoms with E-state index in [0.717, 1.165) is 36.4 Å². The smallest absolute Gasteiger partial charge is 0.233 e. The fourth-order valence-electron chi connectivity index (χ4n) is 3.67. The van der Waals surface area contributed by atoms with E-state index in [0.29, 0.717) is 5.16 Å². The van der Waals surface area contributed by atoms with Gasteiger partial charge in [-0.05, 0) is 50.3 Å². The molecule has 1 aliphatic carbocycles. The Morgan fingerprint density at radius 3 is 2.93 bits per heavy atom. The maximum Gasteiger partial charge on any atom is 0.233 e. The van der Waals surface area contributed by atoms with E-state index in [9.17, 15) is 4.79 Å². The Kier molecular flexibility index (Phi) is 5.26. The molecule has 0 aliphatic heterocycles. The van der Waals surface area contributed by atoms with Crippen molar-refractivity contribution in [3.05, 3.63) is 53.5 Å². The summed E-state index contributed by atoms with van der Waals surface area (Å²) in [4.78, 5) is 12.8. The van der Waals surface area contributed by atoms with Crippen LogP contribution in [0.1, 0.15) is 42.7 Å². The molecule has 0 radical (unpaired) electrons. The lowest BCUT2D eigenvalue weighted by atomic mass is 9.88. The molecular formula is C21H24N4O2S. The van der Waals surface area contributed by atoms with E-state index >= 15 is 0 Å². The number of aromatic nitrogens is 3. The average molecular weight is 397 g/mol. The molecule has 1 aliphatic rings. The van der Waals surface area contributed by atoms with Gasteiger partial charge in [0.2, 0.25) is 5.91 Å². The predicted molar refractivity (Wildman–Crippen MR) is 109 cm³/mol. The predicted octanol–water partition coefficient (Wildman–Crippen LogP) is 4.06. The van der Waals surface area contributed by atoms with Crippen molar-refractivity contribution in [2.24, 2.45) is 7.05 Å². The van der Waals surface area contributed by atoms with E-state index in [-0.39, 0.29) is 17.2 Å². The molecular weight excluding hydrogens is 372 g/mol. The van der Waals surface area contributed by atoms with Crippen LogP contribution in [0.4, 0.5) is 0 Å². The van der Waals surface area contributed by atoms with Crippen molar-refractivity contribution in [3.63, 3.8) is 0 Å². The first-order chi connectivity index (χ1) is 13.5. The zero-order valence-corrected chi connectivity index (χ0v) is 17.1. The van der Waals surface area contributed by atoms with Crippen LogP contribution < -0.4 is 5.32 Å². The molecule has 3 aromatic rings. The second kappa shape index (κ2) is 7.83. The van der Waals surface area contributed by atoms with Gasteiger partial charge in [-0.15, -0.1) is 10.2 Å². The second-order valence-corrected chi connectivity index (χ2v) is 8.48. The first-order valence-corrected chi connectivity index (χ1v) is 10.4. The highest BCUT2D eigenvalue weighted by Crippen LogP contribution is 2.31. The number of benzene rings is 1. The first-order valence-electron chi connectivity index (χ1n) is 9.53. The van der Waals surface area contributed by atoms with Crippen molar-refractivity contribution < 1.29 is 9.21 Å². The minimum Gasteiger partial charge on any atom is -0.469 e. The molecule has 1 amide bonds. The summed E-state index contributed by atoms with van der Waals surface area (Å²) in [6.45, 7) is 3.81. The fourth-order valence-corrected chi connectivity index (χ4v) is 4.50. The van der Waals surface area contributed by atoms with Crippen molar-refractivity contribution in [2.75, 3.05) is 0 Å². The van der Waals surface area contributed by atoms with Gasteiger partial charge in [0.25, 0.3) is 0 Å². The van der Waals surface area contributed by atoms with Crippen LogP contribution in [0.25, 0.3) is 11.4 Å². The summed E-state index contributed by atoms with van der Waals surface area (Å²) in [7, 11) is 1.91. The molecule has 0 saturated carbocycles. The molecule has 4 rings (SSSR count). The van der Waals surface area contributed by atoms with Gasteiger partial charge in [-0.25, -0.2) is 0 Å². The van der Waals surface area contributed by atoms with Crippen LogP contribution in [-0.2, 0) is 18.3 Å². The average Bonchev–Trinajstić information content (AvgIpc) is 3.27. The number of hydrogen-bond donors (Lipinski definition) is 1. The molecule has 6 nitrogen and oxygen atoms in total. The number of aryl methyl sites for hydroxylation is 2. The number of nitrogens with zero attached hydrogens (tertiary/aromatic N) is 3. The lowest BCUT2D eigenvalue weighted by Gasteiger charge is -2.27. The van der Waals surface area contributed by atoms with Crippen molar-refractivity contribution in [1.29, 1.82) is 0 Å². The molecule has 28 heavy (non-hydrogen) atoms. The summed E-state index contributed by atoms with van der Waals surface area (Å²) < 4.78 is 7.27. The molecule has 146 valence electrons. The van der Waals surface area contributed by atoms with Gasteiger partial charge in [0.05, 0.1) is 23.1 Å². The lowest BCUT2D eigenvalue weighted by Crippen LogP contribution is -2.36. The van der Waals surface area contributed by atoms with E-state index in [2.05, 4.69) is 33.7 Å². The fraction of sp³-hybridized carbons (Fsp3) is 0.381. The zero-order chi connectivity index (χ0) is 19.7. The van der Waals surface area contributed by atoms with Gasteiger partial charge >= 0.3 is 0 Å². The normalized spacial score (nSPS) is 17.2. The van der Waals surface area contributed by atoms with E-state index in [1.165, 1.54) is 22.9 Å². The van der Waals surface area contributed by atoms with Gasteiger partial charge < -0.3 is 14.3 Å². The Balaban J connectivity index is 1.45. The van der Waals surface area contributed by atoms with Crippen LogP contribution >= 0.6 is 11.8 Å². The monoisotopic (exact) mass is 396 g/mol. The summed E-state index contributed by atoms with van der Waals surface area (Å²) in [6.07, 6.45) is 4.81. The molecule has 0 saturated heterocycles. The number of furan rings is 1. The summed E-state index contributed by atoms with van der Waals surface area (Å²) in [6, 6.07) is 10.4. The molecule has 1 N–H and O–H groups in total. The molecule has 1 aromatic carbocycles. The van der Waals surface area contributed by atoms with E-state index < -0.39 is 0 Å². The second-order valence-electron chi connectivity index (χ2n) is 7.17. The van der Waals surface area contributed by atoms with Crippen LogP contribution in [-0.4, -0.2) is 25.9 Å². The number of rotatable bonds is 5. The van der Waals surface area contributed by atoms with E-state index in [1.807, 2.05) is 37.6 Å². The number of nitrogens with one attached hydrogen (secondary N) is 1. The zero-order valence-electron chi connectivity index (χ0n) is 16.3. The number of amides is 1. The highest BCUT2D eigenvalue weighted by Gasteiger charge is 2.25. The topological polar surface area (TPSA) is 72.9 Å². The van der Waals surface area contributed by atoms with Crippen LogP contribution in [0.5, 0.6) is 0 Å². The Bertz CT molecular complexity index is 994. The van der Waals surface area contributed by atoms with Gasteiger partial charge in [0.1, 0.15) is 5.76 Å². The summed E-state index contributed by atoms with van der Waals surface area (Å²) in [5, 5.41) is 12.2. The van der Waals surface area contributed by atoms with E-state index in [4.69, 9.17) is 4.42 Å². The number of hydrogen-bond acceptors (Lipinski definition) is 5. The van der Waals surface area contributed by atoms with Crippen LogP contribution in [0.15, 0.2) is 46.2 Å². The maximum absolute atomic E-state index is 12.8. The number of carbonyl (C=O) groups is 1. The van der Waals surface area contributed by atoms with Crippen molar-refractivity contribution in [2.45, 2.75) is 49.6 Å².